The summed E-state index contributed by atoms with van der Waals surface area (Å²) < 4.78 is 22.5. The number of para-hydroxylation sites is 1. The number of nitrogens with one attached hydrogen (secondary N) is 2. The third-order valence-electron chi connectivity index (χ3n) is 2.73. The predicted octanol–water partition coefficient (Wildman–Crippen LogP) is 1.20. The van der Waals surface area contributed by atoms with Gasteiger partial charge < -0.3 is 10.4 Å². The Labute approximate surface area is 132 Å². The van der Waals surface area contributed by atoms with Gasteiger partial charge in [-0.1, -0.05) is 18.2 Å². The van der Waals surface area contributed by atoms with E-state index >= 15 is 0 Å². The zero-order chi connectivity index (χ0) is 16.9. The SMILES string of the molecule is NS(=O)(=O)c1cccc(NC(=O)N/N=C/c2ccccc2O)c1. The molecule has 0 fully saturated rings. The van der Waals surface area contributed by atoms with Gasteiger partial charge in [0.15, 0.2) is 0 Å². The minimum Gasteiger partial charge on any atom is -0.507 e. The van der Waals surface area contributed by atoms with Crippen molar-refractivity contribution >= 4 is 28.0 Å². The lowest BCUT2D eigenvalue weighted by Crippen LogP contribution is -2.24. The molecule has 0 bridgehead atoms. The van der Waals surface area contributed by atoms with Gasteiger partial charge in [0.25, 0.3) is 0 Å². The first-order chi connectivity index (χ1) is 10.9. The molecular weight excluding hydrogens is 320 g/mol. The Morgan fingerprint density at radius 1 is 1.17 bits per heavy atom. The summed E-state index contributed by atoms with van der Waals surface area (Å²) in [5.74, 6) is 0.0271. The van der Waals surface area contributed by atoms with E-state index in [2.05, 4.69) is 15.8 Å². The van der Waals surface area contributed by atoms with Crippen molar-refractivity contribution in [2.24, 2.45) is 10.2 Å². The van der Waals surface area contributed by atoms with E-state index in [1.165, 1.54) is 36.5 Å². The van der Waals surface area contributed by atoms with Crippen molar-refractivity contribution in [2.75, 3.05) is 5.32 Å². The van der Waals surface area contributed by atoms with E-state index in [0.29, 0.717) is 5.56 Å². The van der Waals surface area contributed by atoms with Gasteiger partial charge in [0.1, 0.15) is 5.75 Å². The number of carbonyl (C=O) groups is 1. The first kappa shape index (κ1) is 16.5. The maximum atomic E-state index is 11.7. The molecule has 23 heavy (non-hydrogen) atoms. The van der Waals surface area contributed by atoms with Gasteiger partial charge in [-0.05, 0) is 30.3 Å². The fourth-order valence-electron chi connectivity index (χ4n) is 1.67. The molecule has 0 heterocycles. The number of urea groups is 1. The predicted molar refractivity (Wildman–Crippen MR) is 85.7 cm³/mol. The summed E-state index contributed by atoms with van der Waals surface area (Å²) in [5.41, 5.74) is 2.87. The quantitative estimate of drug-likeness (QED) is 0.493. The molecule has 8 nitrogen and oxygen atoms in total. The number of hydrazone groups is 1. The number of rotatable bonds is 4. The highest BCUT2D eigenvalue weighted by Crippen LogP contribution is 2.14. The van der Waals surface area contributed by atoms with Gasteiger partial charge in [0.05, 0.1) is 11.1 Å². The van der Waals surface area contributed by atoms with Crippen LogP contribution in [0.25, 0.3) is 0 Å². The van der Waals surface area contributed by atoms with E-state index in [-0.39, 0.29) is 16.3 Å². The van der Waals surface area contributed by atoms with Crippen molar-refractivity contribution in [1.29, 1.82) is 0 Å². The summed E-state index contributed by atoms with van der Waals surface area (Å²) in [4.78, 5) is 11.6. The molecule has 0 aliphatic rings. The molecule has 0 unspecified atom stereocenters. The van der Waals surface area contributed by atoms with Gasteiger partial charge in [0, 0.05) is 11.3 Å². The van der Waals surface area contributed by atoms with Crippen LogP contribution in [0.2, 0.25) is 0 Å². The summed E-state index contributed by atoms with van der Waals surface area (Å²) in [6.45, 7) is 0. The summed E-state index contributed by atoms with van der Waals surface area (Å²) in [7, 11) is -3.85. The van der Waals surface area contributed by atoms with Crippen LogP contribution in [-0.2, 0) is 10.0 Å². The van der Waals surface area contributed by atoms with Crippen LogP contribution in [-0.4, -0.2) is 25.8 Å². The summed E-state index contributed by atoms with van der Waals surface area (Å²) in [6.07, 6.45) is 1.27. The largest absolute Gasteiger partial charge is 0.507 e. The van der Waals surface area contributed by atoms with Crippen LogP contribution in [0.1, 0.15) is 5.56 Å². The van der Waals surface area contributed by atoms with Gasteiger partial charge in [-0.3, -0.25) is 0 Å². The lowest BCUT2D eigenvalue weighted by atomic mass is 10.2. The van der Waals surface area contributed by atoms with Crippen LogP contribution in [0, 0.1) is 0 Å². The Bertz CT molecular complexity index is 849. The lowest BCUT2D eigenvalue weighted by molar-refractivity contribution is 0.252. The number of nitrogens with zero attached hydrogens (tertiary/aromatic N) is 1. The number of benzene rings is 2. The smallest absolute Gasteiger partial charge is 0.339 e. The van der Waals surface area contributed by atoms with Gasteiger partial charge in [-0.15, -0.1) is 0 Å². The van der Waals surface area contributed by atoms with Crippen LogP contribution < -0.4 is 15.9 Å². The second-order valence-electron chi connectivity index (χ2n) is 4.46. The Morgan fingerprint density at radius 2 is 1.91 bits per heavy atom. The van der Waals surface area contributed by atoms with E-state index < -0.39 is 16.1 Å². The number of phenols is 1. The third kappa shape index (κ3) is 4.80. The number of hydrogen-bond donors (Lipinski definition) is 4. The number of phenolic OH excluding ortho intramolecular Hbond substituents is 1. The van der Waals surface area contributed by atoms with Crippen LogP contribution in [0.5, 0.6) is 5.75 Å². The van der Waals surface area contributed by atoms with E-state index in [4.69, 9.17) is 5.14 Å². The molecule has 0 saturated heterocycles. The maximum Gasteiger partial charge on any atom is 0.339 e. The topological polar surface area (TPSA) is 134 Å². The summed E-state index contributed by atoms with van der Waals surface area (Å²) >= 11 is 0. The maximum absolute atomic E-state index is 11.7. The van der Waals surface area contributed by atoms with Crippen molar-refractivity contribution in [1.82, 2.24) is 5.43 Å². The summed E-state index contributed by atoms with van der Waals surface area (Å²) in [5, 5.41) is 20.6. The monoisotopic (exact) mass is 334 g/mol. The second kappa shape index (κ2) is 6.90. The molecule has 0 aliphatic carbocycles. The van der Waals surface area contributed by atoms with Gasteiger partial charge in [0.2, 0.25) is 10.0 Å². The molecule has 5 N–H and O–H groups in total. The number of anilines is 1. The first-order valence-corrected chi connectivity index (χ1v) is 7.92. The number of aromatic hydroxyl groups is 1. The van der Waals surface area contributed by atoms with Crippen LogP contribution >= 0.6 is 0 Å². The van der Waals surface area contributed by atoms with Crippen molar-refractivity contribution in [3.05, 3.63) is 54.1 Å². The fourth-order valence-corrected chi connectivity index (χ4v) is 2.23. The molecule has 120 valence electrons. The molecule has 0 atom stereocenters. The number of nitrogens with two attached hydrogens (primary N) is 1. The third-order valence-corrected chi connectivity index (χ3v) is 3.64. The standard InChI is InChI=1S/C14H14N4O4S/c15-23(21,22)12-6-3-5-11(8-12)17-14(20)18-16-9-10-4-1-2-7-13(10)19/h1-9,19H,(H2,15,21,22)(H2,17,18,20)/b16-9+. The highest BCUT2D eigenvalue weighted by atomic mass is 32.2. The molecule has 9 heteroatoms. The van der Waals surface area contributed by atoms with Crippen LogP contribution in [0.4, 0.5) is 10.5 Å². The summed E-state index contributed by atoms with van der Waals surface area (Å²) in [6, 6.07) is 11.3. The van der Waals surface area contributed by atoms with Crippen molar-refractivity contribution in [3.63, 3.8) is 0 Å². The molecule has 0 spiro atoms. The molecule has 2 amide bonds. The Hall–Kier alpha value is -2.91. The van der Waals surface area contributed by atoms with Crippen molar-refractivity contribution in [2.45, 2.75) is 4.90 Å². The molecule has 0 aromatic heterocycles. The van der Waals surface area contributed by atoms with E-state index in [1.807, 2.05) is 0 Å². The first-order valence-electron chi connectivity index (χ1n) is 6.37. The number of amides is 2. The molecule has 2 aromatic carbocycles. The highest BCUT2D eigenvalue weighted by molar-refractivity contribution is 7.89. The van der Waals surface area contributed by atoms with Crippen LogP contribution in [0.3, 0.4) is 0 Å². The number of hydrogen-bond acceptors (Lipinski definition) is 5. The Morgan fingerprint density at radius 3 is 2.61 bits per heavy atom. The van der Waals surface area contributed by atoms with E-state index in [1.54, 1.807) is 18.2 Å². The normalized spacial score (nSPS) is 11.3. The minimum atomic E-state index is -3.85. The van der Waals surface area contributed by atoms with Crippen molar-refractivity contribution in [3.8, 4) is 5.75 Å². The lowest BCUT2D eigenvalue weighted by Gasteiger charge is -2.05. The van der Waals surface area contributed by atoms with Crippen LogP contribution in [0.15, 0.2) is 58.5 Å². The molecule has 0 radical (unpaired) electrons. The van der Waals surface area contributed by atoms with E-state index in [0.717, 1.165) is 0 Å². The zero-order valence-corrected chi connectivity index (χ0v) is 12.6. The molecule has 2 aromatic rings. The molecule has 0 aliphatic heterocycles. The zero-order valence-electron chi connectivity index (χ0n) is 11.8. The number of primary sulfonamides is 1. The average Bonchev–Trinajstić information content (AvgIpc) is 2.48. The second-order valence-corrected chi connectivity index (χ2v) is 6.02. The van der Waals surface area contributed by atoms with Gasteiger partial charge >= 0.3 is 6.03 Å². The minimum absolute atomic E-state index is 0.0271. The molecule has 0 saturated carbocycles. The van der Waals surface area contributed by atoms with Gasteiger partial charge in [-0.2, -0.15) is 5.10 Å². The average molecular weight is 334 g/mol. The Balaban J connectivity index is 1.99. The number of sulfonamides is 1. The molecular formula is C14H14N4O4S. The van der Waals surface area contributed by atoms with Gasteiger partial charge in [-0.25, -0.2) is 23.8 Å². The van der Waals surface area contributed by atoms with Crippen molar-refractivity contribution < 1.29 is 18.3 Å². The Kier molecular flexibility index (Phi) is 4.94. The number of carbonyl (C=O) groups excluding carboxylic acids is 1. The molecule has 2 rings (SSSR count). The van der Waals surface area contributed by atoms with E-state index in [9.17, 15) is 18.3 Å². The highest BCUT2D eigenvalue weighted by Gasteiger charge is 2.09. The fraction of sp³-hybridized carbons (Fsp3) is 0.